The van der Waals surface area contributed by atoms with E-state index in [9.17, 15) is 9.59 Å². The Kier molecular flexibility index (Phi) is 5.34. The summed E-state index contributed by atoms with van der Waals surface area (Å²) in [7, 11) is 1.49. The summed E-state index contributed by atoms with van der Waals surface area (Å²) < 4.78 is 10.7. The third-order valence-corrected chi connectivity index (χ3v) is 4.06. The Morgan fingerprint density at radius 1 is 1.26 bits per heavy atom. The first kappa shape index (κ1) is 18.4. The summed E-state index contributed by atoms with van der Waals surface area (Å²) in [5.74, 6) is 2.90. The van der Waals surface area contributed by atoms with E-state index in [0.717, 1.165) is 0 Å². The van der Waals surface area contributed by atoms with Crippen LogP contribution in [0, 0.1) is 12.3 Å². The average Bonchev–Trinajstić information content (AvgIpc) is 3.03. The highest BCUT2D eigenvalue weighted by molar-refractivity contribution is 6.32. The van der Waals surface area contributed by atoms with E-state index in [-0.39, 0.29) is 18.1 Å². The molecule has 2 N–H and O–H groups in total. The van der Waals surface area contributed by atoms with Gasteiger partial charge in [-0.1, -0.05) is 23.6 Å². The van der Waals surface area contributed by atoms with Crippen molar-refractivity contribution in [2.45, 2.75) is 0 Å². The molecule has 0 amide bonds. The minimum absolute atomic E-state index is 0.0630. The Morgan fingerprint density at radius 3 is 2.78 bits per heavy atom. The van der Waals surface area contributed by atoms with Gasteiger partial charge >= 0.3 is 5.69 Å². The van der Waals surface area contributed by atoms with Gasteiger partial charge in [0, 0.05) is 5.56 Å². The molecular formula is C20H15ClN2O4. The highest BCUT2D eigenvalue weighted by Gasteiger charge is 2.11. The molecule has 0 aliphatic heterocycles. The van der Waals surface area contributed by atoms with Crippen LogP contribution in [-0.2, 0) is 0 Å². The van der Waals surface area contributed by atoms with Crippen molar-refractivity contribution < 1.29 is 14.3 Å². The number of fused-ring (bicyclic) bond motifs is 1. The molecule has 0 saturated heterocycles. The fraction of sp³-hybridized carbons (Fsp3) is 0.100. The van der Waals surface area contributed by atoms with Crippen molar-refractivity contribution in [3.8, 4) is 23.8 Å². The van der Waals surface area contributed by atoms with E-state index in [1.807, 2.05) is 0 Å². The molecular weight excluding hydrogens is 368 g/mol. The number of nitrogens with one attached hydrogen (secondary N) is 2. The van der Waals surface area contributed by atoms with Crippen LogP contribution in [0.2, 0.25) is 5.02 Å². The van der Waals surface area contributed by atoms with Gasteiger partial charge in [-0.2, -0.15) is 0 Å². The van der Waals surface area contributed by atoms with E-state index in [2.05, 4.69) is 15.9 Å². The molecule has 2 aromatic carbocycles. The molecule has 0 saturated carbocycles. The topological polar surface area (TPSA) is 84.2 Å². The summed E-state index contributed by atoms with van der Waals surface area (Å²) in [6, 6.07) is 8.26. The predicted molar refractivity (Wildman–Crippen MR) is 105 cm³/mol. The zero-order valence-corrected chi connectivity index (χ0v) is 15.1. The van der Waals surface area contributed by atoms with Gasteiger partial charge in [-0.25, -0.2) is 4.79 Å². The van der Waals surface area contributed by atoms with Gasteiger partial charge in [-0.05, 0) is 42.0 Å². The largest absolute Gasteiger partial charge is 0.493 e. The van der Waals surface area contributed by atoms with E-state index >= 15 is 0 Å². The molecule has 1 heterocycles. The lowest BCUT2D eigenvalue weighted by Gasteiger charge is -2.11. The number of halogens is 1. The summed E-state index contributed by atoms with van der Waals surface area (Å²) in [6.45, 7) is 0.0630. The van der Waals surface area contributed by atoms with E-state index in [1.54, 1.807) is 36.4 Å². The molecule has 0 atom stereocenters. The third-order valence-electron chi connectivity index (χ3n) is 3.78. The van der Waals surface area contributed by atoms with Crippen LogP contribution in [0.25, 0.3) is 17.1 Å². The van der Waals surface area contributed by atoms with Gasteiger partial charge in [0.05, 0.1) is 23.2 Å². The van der Waals surface area contributed by atoms with E-state index in [0.29, 0.717) is 38.7 Å². The number of hydrogen-bond donors (Lipinski definition) is 2. The Bertz CT molecular complexity index is 1140. The molecule has 27 heavy (non-hydrogen) atoms. The quantitative estimate of drug-likeness (QED) is 0.388. The Balaban J connectivity index is 1.85. The van der Waals surface area contributed by atoms with Crippen molar-refractivity contribution in [1.29, 1.82) is 0 Å². The molecule has 0 bridgehead atoms. The van der Waals surface area contributed by atoms with Crippen LogP contribution in [0.5, 0.6) is 11.5 Å². The van der Waals surface area contributed by atoms with Gasteiger partial charge in [0.1, 0.15) is 6.61 Å². The number of terminal acetylenes is 1. The van der Waals surface area contributed by atoms with E-state index in [4.69, 9.17) is 27.5 Å². The van der Waals surface area contributed by atoms with Crippen molar-refractivity contribution in [3.05, 3.63) is 63.0 Å². The number of aromatic nitrogens is 2. The summed E-state index contributed by atoms with van der Waals surface area (Å²) in [6.07, 6.45) is 8.22. The second-order valence-electron chi connectivity index (χ2n) is 5.56. The van der Waals surface area contributed by atoms with Crippen molar-refractivity contribution >= 4 is 34.5 Å². The standard InChI is InChI=1S/C20H15ClN2O4/c1-3-8-27-19-14(21)9-12(10-18(19)26-2)4-7-17(24)13-5-6-15-16(11-13)23-20(25)22-15/h1,4-7,9-11H,8H2,2H3,(H2,22,23,25)/b7-4+. The first-order valence-corrected chi connectivity index (χ1v) is 8.28. The van der Waals surface area contributed by atoms with E-state index in [1.165, 1.54) is 13.2 Å². The summed E-state index contributed by atoms with van der Waals surface area (Å²) in [5.41, 5.74) is 1.99. The van der Waals surface area contributed by atoms with Crippen LogP contribution >= 0.6 is 11.6 Å². The van der Waals surface area contributed by atoms with Gasteiger partial charge in [-0.15, -0.1) is 6.42 Å². The smallest absolute Gasteiger partial charge is 0.323 e. The van der Waals surface area contributed by atoms with E-state index < -0.39 is 0 Å². The van der Waals surface area contributed by atoms with Gasteiger partial charge in [0.25, 0.3) is 0 Å². The maximum Gasteiger partial charge on any atom is 0.323 e. The number of carbonyl (C=O) groups is 1. The number of H-pyrrole nitrogens is 2. The molecule has 0 fully saturated rings. The molecule has 0 radical (unpaired) electrons. The number of aromatic amines is 2. The minimum Gasteiger partial charge on any atom is -0.493 e. The first-order chi connectivity index (χ1) is 13.0. The van der Waals surface area contributed by atoms with Gasteiger partial charge in [0.15, 0.2) is 17.3 Å². The average molecular weight is 383 g/mol. The summed E-state index contributed by atoms with van der Waals surface area (Å²) in [4.78, 5) is 29.0. The van der Waals surface area contributed by atoms with Gasteiger partial charge in [0.2, 0.25) is 0 Å². The van der Waals surface area contributed by atoms with Crippen molar-refractivity contribution in [2.24, 2.45) is 0 Å². The molecule has 136 valence electrons. The Morgan fingerprint density at radius 2 is 2.04 bits per heavy atom. The lowest BCUT2D eigenvalue weighted by atomic mass is 10.1. The summed E-state index contributed by atoms with van der Waals surface area (Å²) in [5, 5.41) is 0.322. The van der Waals surface area contributed by atoms with Crippen LogP contribution in [0.3, 0.4) is 0 Å². The number of ether oxygens (including phenoxy) is 2. The zero-order chi connectivity index (χ0) is 19.4. The molecule has 3 rings (SSSR count). The minimum atomic E-state index is -0.320. The normalized spacial score (nSPS) is 10.9. The number of rotatable bonds is 6. The Labute approximate surface area is 159 Å². The highest BCUT2D eigenvalue weighted by Crippen LogP contribution is 2.36. The molecule has 6 nitrogen and oxygen atoms in total. The fourth-order valence-corrected chi connectivity index (χ4v) is 2.82. The van der Waals surface area contributed by atoms with Crippen LogP contribution in [0.1, 0.15) is 15.9 Å². The number of allylic oxidation sites excluding steroid dienone is 1. The molecule has 0 unspecified atom stereocenters. The number of ketones is 1. The second-order valence-corrected chi connectivity index (χ2v) is 5.97. The van der Waals surface area contributed by atoms with Crippen LogP contribution in [-0.4, -0.2) is 29.5 Å². The van der Waals surface area contributed by atoms with Crippen LogP contribution in [0.15, 0.2) is 41.2 Å². The van der Waals surface area contributed by atoms with Gasteiger partial charge < -0.3 is 19.4 Å². The fourth-order valence-electron chi connectivity index (χ4n) is 2.54. The van der Waals surface area contributed by atoms with Crippen molar-refractivity contribution in [3.63, 3.8) is 0 Å². The number of hydrogen-bond acceptors (Lipinski definition) is 4. The van der Waals surface area contributed by atoms with Crippen LogP contribution < -0.4 is 15.2 Å². The molecule has 3 aromatic rings. The Hall–Kier alpha value is -3.43. The van der Waals surface area contributed by atoms with Crippen LogP contribution in [0.4, 0.5) is 0 Å². The second kappa shape index (κ2) is 7.85. The summed E-state index contributed by atoms with van der Waals surface area (Å²) >= 11 is 6.22. The maximum absolute atomic E-state index is 12.4. The number of methoxy groups -OCH3 is 1. The molecule has 0 aliphatic rings. The van der Waals surface area contributed by atoms with Gasteiger partial charge in [-0.3, -0.25) is 4.79 Å². The highest BCUT2D eigenvalue weighted by atomic mass is 35.5. The molecule has 1 aromatic heterocycles. The molecule has 0 spiro atoms. The number of carbonyl (C=O) groups excluding carboxylic acids is 1. The molecule has 0 aliphatic carbocycles. The predicted octanol–water partition coefficient (Wildman–Crippen LogP) is 3.43. The maximum atomic E-state index is 12.4. The lowest BCUT2D eigenvalue weighted by molar-refractivity contribution is 0.104. The van der Waals surface area contributed by atoms with Crippen molar-refractivity contribution in [2.75, 3.05) is 13.7 Å². The third kappa shape index (κ3) is 4.05. The number of benzene rings is 2. The first-order valence-electron chi connectivity index (χ1n) is 7.90. The van der Waals surface area contributed by atoms with Crippen molar-refractivity contribution in [1.82, 2.24) is 9.97 Å². The zero-order valence-electron chi connectivity index (χ0n) is 14.3. The molecule has 7 heteroatoms. The number of imidazole rings is 1. The monoisotopic (exact) mass is 382 g/mol. The lowest BCUT2D eigenvalue weighted by Crippen LogP contribution is -1.99. The SMILES string of the molecule is C#CCOc1c(Cl)cc(/C=C/C(=O)c2ccc3[nH]c(=O)[nH]c3c2)cc1OC.